The van der Waals surface area contributed by atoms with Gasteiger partial charge in [-0.3, -0.25) is 13.9 Å². The molecule has 0 aliphatic carbocycles. The van der Waals surface area contributed by atoms with Gasteiger partial charge >= 0.3 is 5.69 Å². The van der Waals surface area contributed by atoms with Crippen LogP contribution in [0, 0.1) is 6.92 Å². The summed E-state index contributed by atoms with van der Waals surface area (Å²) in [5, 5.41) is 4.96. The molecule has 0 radical (unpaired) electrons. The Labute approximate surface area is 163 Å². The highest BCUT2D eigenvalue weighted by Gasteiger charge is 2.25. The fourth-order valence-corrected chi connectivity index (χ4v) is 4.29. The number of aryl methyl sites for hydroxylation is 2. The predicted molar refractivity (Wildman–Crippen MR) is 112 cm³/mol. The second-order valence-electron chi connectivity index (χ2n) is 7.70. The van der Waals surface area contributed by atoms with Crippen LogP contribution in [-0.4, -0.2) is 32.8 Å². The average Bonchev–Trinajstić information content (AvgIpc) is 3.26. The first-order valence-corrected chi connectivity index (χ1v) is 9.66. The van der Waals surface area contributed by atoms with E-state index >= 15 is 0 Å². The molecule has 148 valence electrons. The van der Waals surface area contributed by atoms with Crippen molar-refractivity contribution in [2.45, 2.75) is 25.9 Å². The van der Waals surface area contributed by atoms with Crippen LogP contribution in [0.15, 0.2) is 39.9 Å². The maximum atomic E-state index is 12.2. The molecule has 0 spiro atoms. The molecule has 1 saturated heterocycles. The monoisotopic (exact) mass is 381 g/mol. The Hall–Kier alpha value is -2.80. The molecule has 28 heavy (non-hydrogen) atoms. The number of rotatable bonds is 4. The average molecular weight is 381 g/mol. The molecule has 1 aliphatic rings. The molecule has 0 saturated carbocycles. The summed E-state index contributed by atoms with van der Waals surface area (Å²) in [4.78, 5) is 26.3. The Morgan fingerprint density at radius 1 is 1.07 bits per heavy atom. The van der Waals surface area contributed by atoms with Crippen molar-refractivity contribution in [3.8, 4) is 0 Å². The minimum Gasteiger partial charge on any atom is -0.356 e. The van der Waals surface area contributed by atoms with Gasteiger partial charge in [0.2, 0.25) is 0 Å². The number of aromatic nitrogens is 3. The minimum atomic E-state index is -0.287. The van der Waals surface area contributed by atoms with Gasteiger partial charge in [-0.25, -0.2) is 4.79 Å². The fourth-order valence-electron chi connectivity index (χ4n) is 4.29. The van der Waals surface area contributed by atoms with E-state index in [1.807, 2.05) is 0 Å². The second-order valence-corrected chi connectivity index (χ2v) is 7.70. The van der Waals surface area contributed by atoms with Crippen LogP contribution in [-0.2, 0) is 27.7 Å². The van der Waals surface area contributed by atoms with E-state index < -0.39 is 0 Å². The van der Waals surface area contributed by atoms with E-state index in [4.69, 9.17) is 0 Å². The second kappa shape index (κ2) is 6.98. The Morgan fingerprint density at radius 3 is 2.57 bits per heavy atom. The standard InChI is InChI=1S/C21H27N5O2/c1-14-16-7-5-6-8-17(16)23(2)18(14)12-22-15-9-10-26(13-15)19-11-20(27)25(4)21(28)24(19)3/h5-8,11,15,22H,9-10,12-13H2,1-4H3/t15-/m0/s1. The van der Waals surface area contributed by atoms with Crippen LogP contribution >= 0.6 is 0 Å². The van der Waals surface area contributed by atoms with E-state index in [2.05, 4.69) is 53.0 Å². The number of nitrogens with zero attached hydrogens (tertiary/aromatic N) is 4. The molecule has 1 fully saturated rings. The molecule has 4 rings (SSSR count). The Balaban J connectivity index is 1.50. The van der Waals surface area contributed by atoms with Crippen LogP contribution in [0.3, 0.4) is 0 Å². The third kappa shape index (κ3) is 2.96. The molecule has 1 atom stereocenters. The lowest BCUT2D eigenvalue weighted by atomic mass is 10.1. The van der Waals surface area contributed by atoms with E-state index in [0.29, 0.717) is 11.9 Å². The van der Waals surface area contributed by atoms with E-state index in [9.17, 15) is 9.59 Å². The summed E-state index contributed by atoms with van der Waals surface area (Å²) in [5.41, 5.74) is 3.31. The van der Waals surface area contributed by atoms with E-state index in [-0.39, 0.29) is 11.2 Å². The number of hydrogen-bond acceptors (Lipinski definition) is 4. The first-order chi connectivity index (χ1) is 13.4. The van der Waals surface area contributed by atoms with E-state index in [1.54, 1.807) is 17.7 Å². The lowest BCUT2D eigenvalue weighted by Crippen LogP contribution is -2.40. The molecule has 3 aromatic rings. The highest BCUT2D eigenvalue weighted by atomic mass is 16.2. The van der Waals surface area contributed by atoms with Crippen LogP contribution in [0.5, 0.6) is 0 Å². The van der Waals surface area contributed by atoms with Gasteiger partial charge in [0.25, 0.3) is 5.56 Å². The van der Waals surface area contributed by atoms with Crippen molar-refractivity contribution in [1.29, 1.82) is 0 Å². The molecule has 2 aromatic heterocycles. The van der Waals surface area contributed by atoms with Crippen LogP contribution in [0.2, 0.25) is 0 Å². The lowest BCUT2D eigenvalue weighted by Gasteiger charge is -2.22. The summed E-state index contributed by atoms with van der Waals surface area (Å²) in [6, 6.07) is 10.3. The van der Waals surface area contributed by atoms with Gasteiger partial charge in [-0.2, -0.15) is 0 Å². The van der Waals surface area contributed by atoms with Crippen molar-refractivity contribution in [3.05, 3.63) is 62.4 Å². The molecule has 1 aliphatic heterocycles. The van der Waals surface area contributed by atoms with Crippen molar-refractivity contribution >= 4 is 16.7 Å². The Kier molecular flexibility index (Phi) is 4.63. The SMILES string of the molecule is Cc1c(CN[C@H]2CCN(c3cc(=O)n(C)c(=O)n3C)C2)n(C)c2ccccc12. The van der Waals surface area contributed by atoms with E-state index in [1.165, 1.54) is 29.2 Å². The summed E-state index contributed by atoms with van der Waals surface area (Å²) in [6.45, 7) is 4.58. The van der Waals surface area contributed by atoms with Crippen LogP contribution in [0.4, 0.5) is 5.82 Å². The minimum absolute atomic E-state index is 0.263. The largest absolute Gasteiger partial charge is 0.356 e. The molecule has 0 bridgehead atoms. The van der Waals surface area contributed by atoms with Gasteiger partial charge in [-0.05, 0) is 25.0 Å². The zero-order valence-electron chi connectivity index (χ0n) is 16.9. The zero-order chi connectivity index (χ0) is 20.0. The molecule has 7 nitrogen and oxygen atoms in total. The Bertz CT molecular complexity index is 1120. The molecular weight excluding hydrogens is 354 g/mol. The number of benzene rings is 1. The van der Waals surface area contributed by atoms with Crippen molar-refractivity contribution < 1.29 is 0 Å². The normalized spacial score (nSPS) is 17.0. The van der Waals surface area contributed by atoms with Gasteiger partial charge < -0.3 is 14.8 Å². The fraction of sp³-hybridized carbons (Fsp3) is 0.429. The number of hydrogen-bond donors (Lipinski definition) is 1. The predicted octanol–water partition coefficient (Wildman–Crippen LogP) is 1.25. The summed E-state index contributed by atoms with van der Waals surface area (Å²) in [5.74, 6) is 0.693. The molecule has 7 heteroatoms. The first-order valence-electron chi connectivity index (χ1n) is 9.66. The number of fused-ring (bicyclic) bond motifs is 1. The molecule has 0 unspecified atom stereocenters. The van der Waals surface area contributed by atoms with Gasteiger partial charge in [-0.1, -0.05) is 18.2 Å². The van der Waals surface area contributed by atoms with Crippen molar-refractivity contribution in [1.82, 2.24) is 19.0 Å². The highest BCUT2D eigenvalue weighted by molar-refractivity contribution is 5.85. The van der Waals surface area contributed by atoms with Gasteiger partial charge in [0.1, 0.15) is 5.82 Å². The third-order valence-corrected chi connectivity index (χ3v) is 6.08. The zero-order valence-corrected chi connectivity index (χ0v) is 16.9. The third-order valence-electron chi connectivity index (χ3n) is 6.08. The summed E-state index contributed by atoms with van der Waals surface area (Å²) in [6.07, 6.45) is 0.979. The maximum absolute atomic E-state index is 12.2. The lowest BCUT2D eigenvalue weighted by molar-refractivity contribution is 0.537. The Morgan fingerprint density at radius 2 is 1.82 bits per heavy atom. The van der Waals surface area contributed by atoms with Crippen molar-refractivity contribution in [2.24, 2.45) is 21.1 Å². The summed E-state index contributed by atoms with van der Waals surface area (Å²) in [7, 11) is 5.34. The highest BCUT2D eigenvalue weighted by Crippen LogP contribution is 2.25. The molecule has 1 N–H and O–H groups in total. The quantitative estimate of drug-likeness (QED) is 0.739. The topological polar surface area (TPSA) is 64.2 Å². The molecular formula is C21H27N5O2. The van der Waals surface area contributed by atoms with E-state index in [0.717, 1.165) is 30.6 Å². The van der Waals surface area contributed by atoms with Gasteiger partial charge in [0.05, 0.1) is 0 Å². The number of nitrogens with one attached hydrogen (secondary N) is 1. The van der Waals surface area contributed by atoms with Crippen molar-refractivity contribution in [2.75, 3.05) is 18.0 Å². The van der Waals surface area contributed by atoms with Crippen molar-refractivity contribution in [3.63, 3.8) is 0 Å². The summed E-state index contributed by atoms with van der Waals surface area (Å²) >= 11 is 0. The van der Waals surface area contributed by atoms with Crippen LogP contribution in [0.1, 0.15) is 17.7 Å². The smallest absolute Gasteiger partial charge is 0.332 e. The summed E-state index contributed by atoms with van der Waals surface area (Å²) < 4.78 is 4.95. The van der Waals surface area contributed by atoms with Gasteiger partial charge in [0.15, 0.2) is 0 Å². The van der Waals surface area contributed by atoms with Crippen LogP contribution in [0.25, 0.3) is 10.9 Å². The van der Waals surface area contributed by atoms with Gasteiger partial charge in [0, 0.05) is 69.5 Å². The maximum Gasteiger partial charge on any atom is 0.332 e. The molecule has 0 amide bonds. The molecule has 3 heterocycles. The number of para-hydroxylation sites is 1. The number of anilines is 1. The van der Waals surface area contributed by atoms with Gasteiger partial charge in [-0.15, -0.1) is 0 Å². The molecule has 1 aromatic carbocycles. The first kappa shape index (κ1) is 18.6. The van der Waals surface area contributed by atoms with Crippen LogP contribution < -0.4 is 21.5 Å².